The van der Waals surface area contributed by atoms with Crippen LogP contribution in [0.15, 0.2) is 261 Å². The standard InChI is InChI=1S/C62H43N/c1-3-20-46(21-4-1)52-27-9-10-28-54(52)55-29-11-12-30-56(55)57-31-13-15-35-60(57)63(51-41-39-45(40-42-51)50-38-37-44-19-7-8-24-49(44)43-50)61-36-16-14-32-58(61)59-34-18-26-48-25-17-33-53(62(48)59)47-22-5-2-6-23-47/h1-43H. The van der Waals surface area contributed by atoms with E-state index in [-0.39, 0.29) is 0 Å². The van der Waals surface area contributed by atoms with Crippen molar-refractivity contribution in [2.45, 2.75) is 0 Å². The second kappa shape index (κ2) is 16.7. The van der Waals surface area contributed by atoms with Gasteiger partial charge < -0.3 is 4.90 Å². The molecule has 0 amide bonds. The summed E-state index contributed by atoms with van der Waals surface area (Å²) in [5.74, 6) is 0. The Hall–Kier alpha value is -8.26. The van der Waals surface area contributed by atoms with E-state index in [1.165, 1.54) is 77.2 Å². The molecule has 11 aromatic rings. The van der Waals surface area contributed by atoms with E-state index in [1.54, 1.807) is 0 Å². The molecule has 0 aliphatic heterocycles. The van der Waals surface area contributed by atoms with Crippen molar-refractivity contribution in [3.8, 4) is 66.8 Å². The predicted molar refractivity (Wildman–Crippen MR) is 269 cm³/mol. The van der Waals surface area contributed by atoms with E-state index in [9.17, 15) is 0 Å². The second-order valence-electron chi connectivity index (χ2n) is 16.0. The molecule has 1 heteroatoms. The van der Waals surface area contributed by atoms with Gasteiger partial charge in [-0.05, 0) is 108 Å². The zero-order valence-corrected chi connectivity index (χ0v) is 34.8. The van der Waals surface area contributed by atoms with Gasteiger partial charge in [0.15, 0.2) is 0 Å². The van der Waals surface area contributed by atoms with Crippen LogP contribution in [0.4, 0.5) is 17.1 Å². The Bertz CT molecular complexity index is 3380. The van der Waals surface area contributed by atoms with Crippen molar-refractivity contribution >= 4 is 38.6 Å². The van der Waals surface area contributed by atoms with Crippen molar-refractivity contribution in [2.24, 2.45) is 0 Å². The van der Waals surface area contributed by atoms with E-state index < -0.39 is 0 Å². The fourth-order valence-corrected chi connectivity index (χ4v) is 9.34. The minimum absolute atomic E-state index is 1.07. The quantitative estimate of drug-likeness (QED) is 0.141. The van der Waals surface area contributed by atoms with Gasteiger partial charge in [-0.1, -0.05) is 231 Å². The van der Waals surface area contributed by atoms with Crippen LogP contribution in [0.1, 0.15) is 0 Å². The summed E-state index contributed by atoms with van der Waals surface area (Å²) in [6.45, 7) is 0. The third-order valence-corrected chi connectivity index (χ3v) is 12.3. The molecule has 0 bridgehead atoms. The fourth-order valence-electron chi connectivity index (χ4n) is 9.34. The van der Waals surface area contributed by atoms with Gasteiger partial charge >= 0.3 is 0 Å². The Labute approximate surface area is 369 Å². The van der Waals surface area contributed by atoms with E-state index in [4.69, 9.17) is 0 Å². The van der Waals surface area contributed by atoms with Gasteiger partial charge in [0.2, 0.25) is 0 Å². The minimum atomic E-state index is 1.07. The zero-order valence-electron chi connectivity index (χ0n) is 34.8. The molecule has 0 heterocycles. The summed E-state index contributed by atoms with van der Waals surface area (Å²) < 4.78 is 0. The van der Waals surface area contributed by atoms with Crippen LogP contribution in [0.5, 0.6) is 0 Å². The Kier molecular flexibility index (Phi) is 9.97. The summed E-state index contributed by atoms with van der Waals surface area (Å²) in [6.07, 6.45) is 0. The van der Waals surface area contributed by atoms with E-state index in [0.29, 0.717) is 0 Å². The summed E-state index contributed by atoms with van der Waals surface area (Å²) in [6, 6.07) is 94.8. The molecule has 0 unspecified atom stereocenters. The van der Waals surface area contributed by atoms with E-state index in [0.717, 1.165) is 28.2 Å². The number of benzene rings is 11. The second-order valence-corrected chi connectivity index (χ2v) is 16.0. The Balaban J connectivity index is 1.13. The highest BCUT2D eigenvalue weighted by Gasteiger charge is 2.23. The van der Waals surface area contributed by atoms with Gasteiger partial charge in [-0.3, -0.25) is 0 Å². The molecule has 0 saturated heterocycles. The number of para-hydroxylation sites is 2. The van der Waals surface area contributed by atoms with Crippen molar-refractivity contribution < 1.29 is 0 Å². The molecule has 0 radical (unpaired) electrons. The molecular weight excluding hydrogens is 759 g/mol. The lowest BCUT2D eigenvalue weighted by Gasteiger charge is -2.31. The maximum Gasteiger partial charge on any atom is 0.0540 e. The lowest BCUT2D eigenvalue weighted by molar-refractivity contribution is 1.28. The molecule has 11 rings (SSSR count). The molecule has 0 atom stereocenters. The lowest BCUT2D eigenvalue weighted by Crippen LogP contribution is -2.12. The average molecular weight is 802 g/mol. The first-order valence-corrected chi connectivity index (χ1v) is 21.7. The SMILES string of the molecule is c1ccc(-c2ccccc2-c2ccccc2-c2ccccc2N(c2ccc(-c3ccc4ccccc4c3)cc2)c2ccccc2-c2cccc3cccc(-c4ccccc4)c23)cc1. The molecule has 0 aliphatic rings. The van der Waals surface area contributed by atoms with Crippen LogP contribution in [0.25, 0.3) is 88.3 Å². The molecular formula is C62H43N. The summed E-state index contributed by atoms with van der Waals surface area (Å²) in [5, 5.41) is 4.93. The third-order valence-electron chi connectivity index (χ3n) is 12.3. The molecule has 296 valence electrons. The number of fused-ring (bicyclic) bond motifs is 2. The highest BCUT2D eigenvalue weighted by atomic mass is 15.1. The first kappa shape index (κ1) is 37.7. The van der Waals surface area contributed by atoms with Gasteiger partial charge in [-0.25, -0.2) is 0 Å². The largest absolute Gasteiger partial charge is 0.309 e. The van der Waals surface area contributed by atoms with Crippen molar-refractivity contribution in [2.75, 3.05) is 4.90 Å². The van der Waals surface area contributed by atoms with Crippen LogP contribution in [-0.4, -0.2) is 0 Å². The first-order chi connectivity index (χ1) is 31.3. The lowest BCUT2D eigenvalue weighted by atomic mass is 9.88. The number of hydrogen-bond donors (Lipinski definition) is 0. The predicted octanol–water partition coefficient (Wildman–Crippen LogP) is 17.5. The molecule has 0 spiro atoms. The fraction of sp³-hybridized carbons (Fsp3) is 0. The van der Waals surface area contributed by atoms with Crippen LogP contribution >= 0.6 is 0 Å². The molecule has 63 heavy (non-hydrogen) atoms. The van der Waals surface area contributed by atoms with Crippen LogP contribution in [-0.2, 0) is 0 Å². The summed E-state index contributed by atoms with van der Waals surface area (Å²) in [7, 11) is 0. The maximum absolute atomic E-state index is 2.47. The highest BCUT2D eigenvalue weighted by molar-refractivity contribution is 6.09. The average Bonchev–Trinajstić information content (AvgIpc) is 3.37. The zero-order chi connectivity index (χ0) is 42.0. The van der Waals surface area contributed by atoms with Gasteiger partial charge in [0.1, 0.15) is 0 Å². The van der Waals surface area contributed by atoms with Crippen molar-refractivity contribution in [1.29, 1.82) is 0 Å². The summed E-state index contributed by atoms with van der Waals surface area (Å²) >= 11 is 0. The van der Waals surface area contributed by atoms with Gasteiger partial charge in [0, 0.05) is 16.8 Å². The van der Waals surface area contributed by atoms with Crippen molar-refractivity contribution in [3.05, 3.63) is 261 Å². The van der Waals surface area contributed by atoms with Gasteiger partial charge in [-0.15, -0.1) is 0 Å². The maximum atomic E-state index is 2.47. The topological polar surface area (TPSA) is 3.24 Å². The number of anilines is 3. The molecule has 1 nitrogen and oxygen atoms in total. The molecule has 11 aromatic carbocycles. The normalized spacial score (nSPS) is 11.2. The Morgan fingerprint density at radius 2 is 0.619 bits per heavy atom. The van der Waals surface area contributed by atoms with E-state index >= 15 is 0 Å². The number of nitrogens with zero attached hydrogens (tertiary/aromatic N) is 1. The molecule has 0 N–H and O–H groups in total. The third kappa shape index (κ3) is 7.16. The van der Waals surface area contributed by atoms with Crippen molar-refractivity contribution in [3.63, 3.8) is 0 Å². The van der Waals surface area contributed by atoms with Crippen LogP contribution in [0.2, 0.25) is 0 Å². The summed E-state index contributed by atoms with van der Waals surface area (Å²) in [4.78, 5) is 2.47. The molecule has 0 aliphatic carbocycles. The first-order valence-electron chi connectivity index (χ1n) is 21.7. The Morgan fingerprint density at radius 3 is 1.25 bits per heavy atom. The minimum Gasteiger partial charge on any atom is -0.309 e. The Morgan fingerprint density at radius 1 is 0.206 bits per heavy atom. The molecule has 0 saturated carbocycles. The monoisotopic (exact) mass is 801 g/mol. The smallest absolute Gasteiger partial charge is 0.0540 e. The van der Waals surface area contributed by atoms with Gasteiger partial charge in [0.05, 0.1) is 11.4 Å². The van der Waals surface area contributed by atoms with Crippen LogP contribution in [0.3, 0.4) is 0 Å². The van der Waals surface area contributed by atoms with Crippen LogP contribution < -0.4 is 4.90 Å². The molecule has 0 fully saturated rings. The number of rotatable bonds is 9. The van der Waals surface area contributed by atoms with Crippen LogP contribution in [0, 0.1) is 0 Å². The molecule has 0 aromatic heterocycles. The van der Waals surface area contributed by atoms with Gasteiger partial charge in [0.25, 0.3) is 0 Å². The highest BCUT2D eigenvalue weighted by Crippen LogP contribution is 2.49. The summed E-state index contributed by atoms with van der Waals surface area (Å²) in [5.41, 5.74) is 17.5. The van der Waals surface area contributed by atoms with E-state index in [1.807, 2.05) is 0 Å². The van der Waals surface area contributed by atoms with E-state index in [2.05, 4.69) is 266 Å². The number of hydrogen-bond acceptors (Lipinski definition) is 1. The van der Waals surface area contributed by atoms with Crippen molar-refractivity contribution in [1.82, 2.24) is 0 Å². The van der Waals surface area contributed by atoms with Gasteiger partial charge in [-0.2, -0.15) is 0 Å².